The number of carbonyl (C=O) groups is 2. The molecular formula is C32H46N2O5. The number of hydrogen-bond acceptors (Lipinski definition) is 6. The highest BCUT2D eigenvalue weighted by atomic mass is 16.6. The van der Waals surface area contributed by atoms with Crippen LogP contribution in [0.5, 0.6) is 0 Å². The van der Waals surface area contributed by atoms with E-state index in [0.29, 0.717) is 32.2 Å². The zero-order valence-corrected chi connectivity index (χ0v) is 24.5. The molecule has 4 unspecified atom stereocenters. The second-order valence-corrected chi connectivity index (χ2v) is 12.7. The van der Waals surface area contributed by atoms with Crippen molar-refractivity contribution in [2.45, 2.75) is 90.2 Å². The number of benzene rings is 1. The standard InChI is InChI=1S/C32H46N2O5/c1-6-8-18-37-20-32(21-38-19-9-7-2)24-15-17-33-16-14-23(28(24)35)27(33)26-22-12-10-11-13-25(22)34(29(26)32)30(36)39-31(3,4)5/h10-13,23-24,27H,6-9,14-21H2,1-5H3. The third kappa shape index (κ3) is 5.07. The maximum atomic E-state index is 14.4. The Kier molecular flexibility index (Phi) is 8.23. The minimum absolute atomic E-state index is 0.0424. The van der Waals surface area contributed by atoms with Gasteiger partial charge >= 0.3 is 6.09 Å². The summed E-state index contributed by atoms with van der Waals surface area (Å²) >= 11 is 0. The summed E-state index contributed by atoms with van der Waals surface area (Å²) in [5.41, 5.74) is 1.38. The summed E-state index contributed by atoms with van der Waals surface area (Å²) in [5, 5.41) is 1.03. The number of carbonyl (C=O) groups excluding carboxylic acids is 2. The molecule has 0 spiro atoms. The number of hydrogen-bond donors (Lipinski definition) is 0. The zero-order chi connectivity index (χ0) is 27.8. The molecule has 2 saturated heterocycles. The van der Waals surface area contributed by atoms with Crippen LogP contribution in [0.25, 0.3) is 10.9 Å². The van der Waals surface area contributed by atoms with E-state index in [4.69, 9.17) is 14.2 Å². The van der Waals surface area contributed by atoms with Gasteiger partial charge in [0.15, 0.2) is 0 Å². The summed E-state index contributed by atoms with van der Waals surface area (Å²) in [4.78, 5) is 31.0. The summed E-state index contributed by atoms with van der Waals surface area (Å²) < 4.78 is 20.7. The highest BCUT2D eigenvalue weighted by Gasteiger charge is 2.59. The fourth-order valence-electron chi connectivity index (χ4n) is 7.13. The maximum Gasteiger partial charge on any atom is 0.419 e. The smallest absolute Gasteiger partial charge is 0.419 e. The quantitative estimate of drug-likeness (QED) is 0.333. The SMILES string of the molecule is CCCCOCC1(COCCCC)c2c(c3ccccc3n2C(=O)OC(C)(C)C)C2C3CCN2CCC1C3=O. The Labute approximate surface area is 233 Å². The van der Waals surface area contributed by atoms with Crippen molar-refractivity contribution in [1.29, 1.82) is 0 Å². The first-order valence-corrected chi connectivity index (χ1v) is 15.0. The molecule has 0 saturated carbocycles. The minimum Gasteiger partial charge on any atom is -0.443 e. The molecule has 2 aliphatic heterocycles. The van der Waals surface area contributed by atoms with E-state index < -0.39 is 17.1 Å². The van der Waals surface area contributed by atoms with E-state index in [1.165, 1.54) is 0 Å². The van der Waals surface area contributed by atoms with Crippen molar-refractivity contribution in [3.63, 3.8) is 0 Å². The predicted molar refractivity (Wildman–Crippen MR) is 152 cm³/mol. The number of fused-ring (bicyclic) bond motifs is 4. The van der Waals surface area contributed by atoms with Gasteiger partial charge in [0.05, 0.1) is 24.1 Å². The fourth-order valence-corrected chi connectivity index (χ4v) is 7.13. The average Bonchev–Trinajstić information content (AvgIpc) is 3.39. The Hall–Kier alpha value is -2.22. The van der Waals surface area contributed by atoms with Crippen molar-refractivity contribution in [3.05, 3.63) is 35.5 Å². The zero-order valence-electron chi connectivity index (χ0n) is 24.5. The van der Waals surface area contributed by atoms with Crippen molar-refractivity contribution < 1.29 is 23.8 Å². The molecule has 1 aromatic carbocycles. The molecule has 4 atom stereocenters. The van der Waals surface area contributed by atoms with E-state index >= 15 is 0 Å². The average molecular weight is 539 g/mol. The molecule has 2 aromatic rings. The number of ether oxygens (including phenoxy) is 3. The van der Waals surface area contributed by atoms with Gasteiger partial charge in [0, 0.05) is 47.7 Å². The van der Waals surface area contributed by atoms with Gasteiger partial charge in [0.25, 0.3) is 0 Å². The molecule has 214 valence electrons. The molecule has 0 amide bonds. The largest absolute Gasteiger partial charge is 0.443 e. The molecule has 2 fully saturated rings. The second kappa shape index (κ2) is 11.3. The Morgan fingerprint density at radius 2 is 1.64 bits per heavy atom. The highest BCUT2D eigenvalue weighted by molar-refractivity contribution is 5.98. The molecular weight excluding hydrogens is 492 g/mol. The van der Waals surface area contributed by atoms with E-state index in [-0.39, 0.29) is 17.9 Å². The van der Waals surface area contributed by atoms with E-state index in [9.17, 15) is 9.59 Å². The fraction of sp³-hybridized carbons (Fsp3) is 0.688. The van der Waals surface area contributed by atoms with Gasteiger partial charge in [-0.25, -0.2) is 9.36 Å². The molecule has 7 nitrogen and oxygen atoms in total. The number of aromatic nitrogens is 1. The normalized spacial score (nSPS) is 25.5. The van der Waals surface area contributed by atoms with Crippen LogP contribution in [0.4, 0.5) is 4.79 Å². The molecule has 3 aliphatic rings. The second-order valence-electron chi connectivity index (χ2n) is 12.7. The van der Waals surface area contributed by atoms with Crippen LogP contribution in [0.1, 0.15) is 90.4 Å². The Balaban J connectivity index is 1.78. The van der Waals surface area contributed by atoms with Crippen molar-refractivity contribution in [2.75, 3.05) is 39.5 Å². The number of nitrogens with zero attached hydrogens (tertiary/aromatic N) is 2. The molecule has 1 aliphatic carbocycles. The van der Waals surface area contributed by atoms with E-state index in [1.54, 1.807) is 4.57 Å². The number of Topliss-reactive ketones (excluding diaryl/α,β-unsaturated/α-hetero) is 1. The number of unbranched alkanes of at least 4 members (excludes halogenated alkanes) is 2. The van der Waals surface area contributed by atoms with E-state index in [2.05, 4.69) is 24.8 Å². The predicted octanol–water partition coefficient (Wildman–Crippen LogP) is 6.26. The minimum atomic E-state index is -0.778. The van der Waals surface area contributed by atoms with Crippen molar-refractivity contribution in [1.82, 2.24) is 9.47 Å². The number of para-hydroxylation sites is 1. The van der Waals surface area contributed by atoms with Crippen LogP contribution < -0.4 is 0 Å². The van der Waals surface area contributed by atoms with Crippen LogP contribution >= 0.6 is 0 Å². The molecule has 4 bridgehead atoms. The molecule has 3 heterocycles. The molecule has 0 radical (unpaired) electrons. The van der Waals surface area contributed by atoms with Crippen molar-refractivity contribution >= 4 is 22.8 Å². The van der Waals surface area contributed by atoms with E-state index in [1.807, 2.05) is 39.0 Å². The number of rotatable bonds is 10. The summed E-state index contributed by atoms with van der Waals surface area (Å²) in [6.45, 7) is 13.7. The van der Waals surface area contributed by atoms with Crippen molar-refractivity contribution in [2.24, 2.45) is 11.8 Å². The van der Waals surface area contributed by atoms with Crippen LogP contribution in [0.2, 0.25) is 0 Å². The first-order valence-electron chi connectivity index (χ1n) is 15.0. The van der Waals surface area contributed by atoms with E-state index in [0.717, 1.165) is 73.8 Å². The molecule has 0 N–H and O–H groups in total. The lowest BCUT2D eigenvalue weighted by Crippen LogP contribution is -2.51. The van der Waals surface area contributed by atoms with Gasteiger partial charge in [-0.05, 0) is 65.6 Å². The molecule has 5 rings (SSSR count). The van der Waals surface area contributed by atoms with Gasteiger partial charge in [-0.1, -0.05) is 44.9 Å². The van der Waals surface area contributed by atoms with Crippen LogP contribution in [0, 0.1) is 11.8 Å². The van der Waals surface area contributed by atoms with Gasteiger partial charge < -0.3 is 14.2 Å². The molecule has 1 aromatic heterocycles. The summed E-state index contributed by atoms with van der Waals surface area (Å²) in [5.74, 6) is -0.0539. The van der Waals surface area contributed by atoms with Gasteiger partial charge in [-0.2, -0.15) is 0 Å². The lowest BCUT2D eigenvalue weighted by Gasteiger charge is -2.42. The Bertz CT molecular complexity index is 1180. The molecule has 39 heavy (non-hydrogen) atoms. The maximum absolute atomic E-state index is 14.4. The van der Waals surface area contributed by atoms with Crippen LogP contribution in [-0.4, -0.2) is 66.5 Å². The van der Waals surface area contributed by atoms with Gasteiger partial charge in [0.1, 0.15) is 11.4 Å². The third-order valence-corrected chi connectivity index (χ3v) is 8.84. The molecule has 7 heteroatoms. The summed E-state index contributed by atoms with van der Waals surface area (Å²) in [6.07, 6.45) is 5.17. The summed E-state index contributed by atoms with van der Waals surface area (Å²) in [7, 11) is 0. The Morgan fingerprint density at radius 3 is 2.28 bits per heavy atom. The highest BCUT2D eigenvalue weighted by Crippen LogP contribution is 2.56. The summed E-state index contributed by atoms with van der Waals surface area (Å²) in [6, 6.07) is 8.09. The van der Waals surface area contributed by atoms with Gasteiger partial charge in [-0.3, -0.25) is 9.69 Å². The van der Waals surface area contributed by atoms with Crippen LogP contribution in [-0.2, 0) is 24.4 Å². The van der Waals surface area contributed by atoms with Gasteiger partial charge in [0.2, 0.25) is 0 Å². The first-order chi connectivity index (χ1) is 18.7. The lowest BCUT2D eigenvalue weighted by molar-refractivity contribution is -0.132. The van der Waals surface area contributed by atoms with Gasteiger partial charge in [-0.15, -0.1) is 0 Å². The third-order valence-electron chi connectivity index (χ3n) is 8.84. The number of ketones is 1. The van der Waals surface area contributed by atoms with Crippen molar-refractivity contribution in [3.8, 4) is 0 Å². The van der Waals surface area contributed by atoms with Crippen LogP contribution in [0.3, 0.4) is 0 Å². The topological polar surface area (TPSA) is 70.0 Å². The first kappa shape index (κ1) is 28.3. The monoisotopic (exact) mass is 538 g/mol. The van der Waals surface area contributed by atoms with Crippen LogP contribution in [0.15, 0.2) is 24.3 Å². The lowest BCUT2D eigenvalue weighted by atomic mass is 9.69. The Morgan fingerprint density at radius 1 is 1.00 bits per heavy atom.